The normalized spacial score (nSPS) is 10.4. The van der Waals surface area contributed by atoms with Crippen molar-refractivity contribution in [2.45, 2.75) is 20.0 Å². The molecule has 0 unspecified atom stereocenters. The topological polar surface area (TPSA) is 73.6 Å². The zero-order chi connectivity index (χ0) is 10.1. The molecule has 0 radical (unpaired) electrons. The highest BCUT2D eigenvalue weighted by atomic mass is 16.5. The number of primary amides is 1. The predicted octanol–water partition coefficient (Wildman–Crippen LogP) is 0.0963. The molecule has 0 atom stereocenters. The van der Waals surface area contributed by atoms with Crippen LogP contribution in [0.1, 0.15) is 13.8 Å². The van der Waals surface area contributed by atoms with Gasteiger partial charge in [0.15, 0.2) is 0 Å². The van der Waals surface area contributed by atoms with Crippen molar-refractivity contribution >= 4 is 6.09 Å². The molecule has 1 amide bonds. The molecular formula is C8H18N2O3. The van der Waals surface area contributed by atoms with Gasteiger partial charge in [0.05, 0.1) is 12.7 Å². The van der Waals surface area contributed by atoms with Gasteiger partial charge in [-0.1, -0.05) is 0 Å². The molecule has 78 valence electrons. The largest absolute Gasteiger partial charge is 0.448 e. The van der Waals surface area contributed by atoms with Crippen molar-refractivity contribution in [3.8, 4) is 0 Å². The number of carbonyl (C=O) groups excluding carboxylic acids is 1. The van der Waals surface area contributed by atoms with Crippen LogP contribution in [0.15, 0.2) is 0 Å². The third-order valence-electron chi connectivity index (χ3n) is 1.25. The second-order valence-corrected chi connectivity index (χ2v) is 2.84. The number of hydrogen-bond acceptors (Lipinski definition) is 4. The summed E-state index contributed by atoms with van der Waals surface area (Å²) >= 11 is 0. The molecule has 0 aromatic rings. The number of amides is 1. The standard InChI is InChI=1S/C8H18N2O3/c1-7(2)12-5-3-10-4-6-13-8(9)11/h7,10H,3-6H2,1-2H3,(H2,9,11). The monoisotopic (exact) mass is 190 g/mol. The molecule has 13 heavy (non-hydrogen) atoms. The lowest BCUT2D eigenvalue weighted by atomic mass is 10.5. The van der Waals surface area contributed by atoms with Crippen LogP contribution in [0, 0.1) is 0 Å². The van der Waals surface area contributed by atoms with E-state index in [9.17, 15) is 4.79 Å². The molecule has 5 nitrogen and oxygen atoms in total. The van der Waals surface area contributed by atoms with Gasteiger partial charge >= 0.3 is 6.09 Å². The first-order chi connectivity index (χ1) is 6.13. The van der Waals surface area contributed by atoms with E-state index in [-0.39, 0.29) is 6.10 Å². The number of ether oxygens (including phenoxy) is 2. The number of nitrogens with one attached hydrogen (secondary N) is 1. The van der Waals surface area contributed by atoms with E-state index in [4.69, 9.17) is 10.5 Å². The van der Waals surface area contributed by atoms with Crippen LogP contribution in [0.3, 0.4) is 0 Å². The van der Waals surface area contributed by atoms with Gasteiger partial charge in [-0.15, -0.1) is 0 Å². The van der Waals surface area contributed by atoms with Crippen LogP contribution in [-0.2, 0) is 9.47 Å². The van der Waals surface area contributed by atoms with Gasteiger partial charge in [-0.05, 0) is 13.8 Å². The van der Waals surface area contributed by atoms with Gasteiger partial charge in [0.1, 0.15) is 6.61 Å². The maximum atomic E-state index is 10.1. The molecule has 0 rings (SSSR count). The lowest BCUT2D eigenvalue weighted by Gasteiger charge is -2.08. The van der Waals surface area contributed by atoms with E-state index in [1.807, 2.05) is 13.8 Å². The fraction of sp³-hybridized carbons (Fsp3) is 0.875. The molecule has 0 aliphatic heterocycles. The molecule has 0 spiro atoms. The Morgan fingerprint density at radius 1 is 1.38 bits per heavy atom. The van der Waals surface area contributed by atoms with Gasteiger partial charge in [-0.25, -0.2) is 4.79 Å². The van der Waals surface area contributed by atoms with Gasteiger partial charge in [0.2, 0.25) is 0 Å². The zero-order valence-electron chi connectivity index (χ0n) is 8.21. The van der Waals surface area contributed by atoms with Gasteiger partial charge in [0, 0.05) is 13.1 Å². The highest BCUT2D eigenvalue weighted by molar-refractivity contribution is 5.64. The molecule has 0 aliphatic rings. The Morgan fingerprint density at radius 3 is 2.54 bits per heavy atom. The summed E-state index contributed by atoms with van der Waals surface area (Å²) in [6.45, 7) is 6.28. The van der Waals surface area contributed by atoms with Crippen molar-refractivity contribution in [2.24, 2.45) is 5.73 Å². The summed E-state index contributed by atoms with van der Waals surface area (Å²) in [7, 11) is 0. The van der Waals surface area contributed by atoms with Crippen LogP contribution in [0.5, 0.6) is 0 Å². The minimum absolute atomic E-state index is 0.253. The number of hydrogen-bond donors (Lipinski definition) is 2. The minimum Gasteiger partial charge on any atom is -0.448 e. The Bertz CT molecular complexity index is 139. The Kier molecular flexibility index (Phi) is 7.33. The first-order valence-electron chi connectivity index (χ1n) is 4.37. The van der Waals surface area contributed by atoms with Gasteiger partial charge in [-0.3, -0.25) is 0 Å². The molecule has 5 heteroatoms. The maximum absolute atomic E-state index is 10.1. The van der Waals surface area contributed by atoms with E-state index in [0.717, 1.165) is 6.54 Å². The summed E-state index contributed by atoms with van der Waals surface area (Å²) < 4.78 is 9.78. The van der Waals surface area contributed by atoms with Crippen molar-refractivity contribution in [2.75, 3.05) is 26.3 Å². The smallest absolute Gasteiger partial charge is 0.404 e. The van der Waals surface area contributed by atoms with Crippen LogP contribution >= 0.6 is 0 Å². The molecule has 0 fully saturated rings. The highest BCUT2D eigenvalue weighted by Crippen LogP contribution is 1.84. The first-order valence-corrected chi connectivity index (χ1v) is 4.37. The second-order valence-electron chi connectivity index (χ2n) is 2.84. The summed E-state index contributed by atoms with van der Waals surface area (Å²) in [6.07, 6.45) is -0.483. The quantitative estimate of drug-likeness (QED) is 0.558. The number of nitrogens with two attached hydrogens (primary N) is 1. The van der Waals surface area contributed by atoms with Crippen LogP contribution in [0.4, 0.5) is 4.79 Å². The zero-order valence-corrected chi connectivity index (χ0v) is 8.21. The van der Waals surface area contributed by atoms with Gasteiger partial charge in [-0.2, -0.15) is 0 Å². The molecule has 0 aliphatic carbocycles. The second kappa shape index (κ2) is 7.82. The van der Waals surface area contributed by atoms with Crippen molar-refractivity contribution < 1.29 is 14.3 Å². The van der Waals surface area contributed by atoms with Crippen molar-refractivity contribution in [3.63, 3.8) is 0 Å². The molecule has 0 aromatic heterocycles. The van der Waals surface area contributed by atoms with Crippen LogP contribution in [0.2, 0.25) is 0 Å². The van der Waals surface area contributed by atoms with Crippen LogP contribution in [0.25, 0.3) is 0 Å². The highest BCUT2D eigenvalue weighted by Gasteiger charge is 1.94. The summed E-state index contributed by atoms with van der Waals surface area (Å²) in [5.74, 6) is 0. The SMILES string of the molecule is CC(C)OCCNCCOC(N)=O. The summed E-state index contributed by atoms with van der Waals surface area (Å²) in [5, 5.41) is 3.04. The Hall–Kier alpha value is -0.810. The van der Waals surface area contributed by atoms with Crippen molar-refractivity contribution in [3.05, 3.63) is 0 Å². The fourth-order valence-electron chi connectivity index (χ4n) is 0.716. The minimum atomic E-state index is -0.736. The molecule has 0 saturated carbocycles. The summed E-state index contributed by atoms with van der Waals surface area (Å²) in [6, 6.07) is 0. The molecule has 3 N–H and O–H groups in total. The third-order valence-corrected chi connectivity index (χ3v) is 1.25. The van der Waals surface area contributed by atoms with Gasteiger partial charge in [0.25, 0.3) is 0 Å². The average molecular weight is 190 g/mol. The third kappa shape index (κ3) is 11.2. The van der Waals surface area contributed by atoms with E-state index >= 15 is 0 Å². The van der Waals surface area contributed by atoms with Crippen molar-refractivity contribution in [1.82, 2.24) is 5.32 Å². The number of carbonyl (C=O) groups is 1. The summed E-state index contributed by atoms with van der Waals surface area (Å²) in [5.41, 5.74) is 4.76. The molecule has 0 aromatic carbocycles. The Labute approximate surface area is 78.6 Å². The maximum Gasteiger partial charge on any atom is 0.404 e. The van der Waals surface area contributed by atoms with Crippen molar-refractivity contribution in [1.29, 1.82) is 0 Å². The Morgan fingerprint density at radius 2 is 2.00 bits per heavy atom. The van der Waals surface area contributed by atoms with E-state index in [2.05, 4.69) is 10.1 Å². The first kappa shape index (κ1) is 12.2. The van der Waals surface area contributed by atoms with E-state index in [1.54, 1.807) is 0 Å². The van der Waals surface area contributed by atoms with E-state index in [0.29, 0.717) is 19.8 Å². The number of rotatable bonds is 7. The van der Waals surface area contributed by atoms with Crippen LogP contribution < -0.4 is 11.1 Å². The molecule has 0 heterocycles. The fourth-order valence-corrected chi connectivity index (χ4v) is 0.716. The van der Waals surface area contributed by atoms with Crippen LogP contribution in [-0.4, -0.2) is 38.5 Å². The average Bonchev–Trinajstić information content (AvgIpc) is 2.01. The lowest BCUT2D eigenvalue weighted by Crippen LogP contribution is -2.27. The van der Waals surface area contributed by atoms with E-state index in [1.165, 1.54) is 0 Å². The van der Waals surface area contributed by atoms with Gasteiger partial charge < -0.3 is 20.5 Å². The Balaban J connectivity index is 2.96. The molecule has 0 saturated heterocycles. The molecule has 0 bridgehead atoms. The molecular weight excluding hydrogens is 172 g/mol. The summed E-state index contributed by atoms with van der Waals surface area (Å²) in [4.78, 5) is 10.1. The van der Waals surface area contributed by atoms with E-state index < -0.39 is 6.09 Å². The predicted molar refractivity (Wildman–Crippen MR) is 49.5 cm³/mol. The lowest BCUT2D eigenvalue weighted by molar-refractivity contribution is 0.0799.